The van der Waals surface area contributed by atoms with Crippen molar-refractivity contribution < 1.29 is 0 Å². The first kappa shape index (κ1) is 12.0. The van der Waals surface area contributed by atoms with Crippen molar-refractivity contribution >= 4 is 0 Å². The number of hydrogen-bond donors (Lipinski definition) is 1. The van der Waals surface area contributed by atoms with Gasteiger partial charge in [0.2, 0.25) is 0 Å². The van der Waals surface area contributed by atoms with E-state index >= 15 is 0 Å². The summed E-state index contributed by atoms with van der Waals surface area (Å²) in [6.45, 7) is 4.58. The van der Waals surface area contributed by atoms with E-state index in [9.17, 15) is 0 Å². The number of likely N-dealkylation sites (N-methyl/N-ethyl adjacent to an activating group) is 1. The third-order valence-electron chi connectivity index (χ3n) is 3.71. The van der Waals surface area contributed by atoms with Crippen LogP contribution < -0.4 is 5.73 Å². The molecule has 84 valence electrons. The molecule has 1 saturated carbocycles. The number of hydrogen-bond acceptors (Lipinski definition) is 2. The second-order valence-electron chi connectivity index (χ2n) is 4.82. The normalized spacial score (nSPS) is 30.6. The van der Waals surface area contributed by atoms with Crippen molar-refractivity contribution in [1.29, 1.82) is 0 Å². The average molecular weight is 198 g/mol. The maximum atomic E-state index is 6.17. The number of rotatable bonds is 4. The van der Waals surface area contributed by atoms with Crippen molar-refractivity contribution in [3.63, 3.8) is 0 Å². The Hall–Kier alpha value is -0.0800. The molecule has 2 nitrogen and oxygen atoms in total. The van der Waals surface area contributed by atoms with Gasteiger partial charge < -0.3 is 5.73 Å². The molecule has 0 radical (unpaired) electrons. The van der Waals surface area contributed by atoms with E-state index in [4.69, 9.17) is 5.73 Å². The lowest BCUT2D eigenvalue weighted by Gasteiger charge is -2.39. The lowest BCUT2D eigenvalue weighted by molar-refractivity contribution is 0.123. The third kappa shape index (κ3) is 2.96. The Bertz CT molecular complexity index is 158. The highest BCUT2D eigenvalue weighted by atomic mass is 15.2. The molecule has 0 spiro atoms. The lowest BCUT2D eigenvalue weighted by atomic mass is 9.89. The summed E-state index contributed by atoms with van der Waals surface area (Å²) in [4.78, 5) is 2.51. The van der Waals surface area contributed by atoms with Crippen molar-refractivity contribution in [2.24, 2.45) is 5.73 Å². The van der Waals surface area contributed by atoms with Gasteiger partial charge in [0.05, 0.1) is 0 Å². The van der Waals surface area contributed by atoms with Gasteiger partial charge in [-0.1, -0.05) is 26.2 Å². The second-order valence-corrected chi connectivity index (χ2v) is 4.82. The van der Waals surface area contributed by atoms with Crippen LogP contribution in [0.1, 0.15) is 52.4 Å². The van der Waals surface area contributed by atoms with Crippen molar-refractivity contribution in [2.45, 2.75) is 70.5 Å². The molecule has 1 fully saturated rings. The first-order chi connectivity index (χ1) is 6.66. The van der Waals surface area contributed by atoms with Crippen LogP contribution in [0.25, 0.3) is 0 Å². The minimum absolute atomic E-state index is 0.410. The highest BCUT2D eigenvalue weighted by Gasteiger charge is 2.27. The zero-order valence-electron chi connectivity index (χ0n) is 10.00. The van der Waals surface area contributed by atoms with Gasteiger partial charge in [-0.2, -0.15) is 0 Å². The Kier molecular flexibility index (Phi) is 4.90. The van der Waals surface area contributed by atoms with Crippen LogP contribution in [0, 0.1) is 0 Å². The van der Waals surface area contributed by atoms with Crippen LogP contribution in [0.2, 0.25) is 0 Å². The molecule has 1 aliphatic carbocycles. The van der Waals surface area contributed by atoms with Gasteiger partial charge in [0, 0.05) is 18.1 Å². The minimum atomic E-state index is 0.410. The molecule has 0 bridgehead atoms. The molecular formula is C12H26N2. The van der Waals surface area contributed by atoms with Crippen LogP contribution in [0.4, 0.5) is 0 Å². The van der Waals surface area contributed by atoms with E-state index in [-0.39, 0.29) is 0 Å². The molecule has 0 aliphatic heterocycles. The standard InChI is InChI=1S/C12H26N2/c1-4-7-10(2)14(3)12-9-6-5-8-11(12)13/h10-12H,4-9,13H2,1-3H3. The number of nitrogens with zero attached hydrogens (tertiary/aromatic N) is 1. The van der Waals surface area contributed by atoms with Crippen molar-refractivity contribution in [3.05, 3.63) is 0 Å². The summed E-state index contributed by atoms with van der Waals surface area (Å²) in [5, 5.41) is 0. The molecule has 3 atom stereocenters. The monoisotopic (exact) mass is 198 g/mol. The maximum absolute atomic E-state index is 6.17. The average Bonchev–Trinajstić information content (AvgIpc) is 2.18. The Labute approximate surface area is 88.8 Å². The molecule has 1 rings (SSSR count). The summed E-state index contributed by atoms with van der Waals surface area (Å²) in [6, 6.07) is 1.73. The lowest BCUT2D eigenvalue weighted by Crippen LogP contribution is -2.50. The topological polar surface area (TPSA) is 29.3 Å². The zero-order valence-corrected chi connectivity index (χ0v) is 10.00. The fourth-order valence-electron chi connectivity index (χ4n) is 2.59. The largest absolute Gasteiger partial charge is 0.326 e. The molecule has 2 N–H and O–H groups in total. The van der Waals surface area contributed by atoms with Gasteiger partial charge >= 0.3 is 0 Å². The third-order valence-corrected chi connectivity index (χ3v) is 3.71. The van der Waals surface area contributed by atoms with Crippen molar-refractivity contribution in [2.75, 3.05) is 7.05 Å². The SMILES string of the molecule is CCCC(C)N(C)C1CCCCC1N. The maximum Gasteiger partial charge on any atom is 0.0246 e. The van der Waals surface area contributed by atoms with Gasteiger partial charge in [-0.3, -0.25) is 4.90 Å². The predicted octanol–water partition coefficient (Wildman–Crippen LogP) is 2.38. The molecule has 0 heterocycles. The first-order valence-electron chi connectivity index (χ1n) is 6.14. The summed E-state index contributed by atoms with van der Waals surface area (Å²) in [7, 11) is 2.25. The summed E-state index contributed by atoms with van der Waals surface area (Å²) >= 11 is 0. The van der Waals surface area contributed by atoms with Crippen LogP contribution in [0.15, 0.2) is 0 Å². The molecule has 2 heteroatoms. The molecule has 0 aromatic heterocycles. The zero-order chi connectivity index (χ0) is 10.6. The molecule has 0 aromatic rings. The molecule has 0 amide bonds. The smallest absolute Gasteiger partial charge is 0.0246 e. The van der Waals surface area contributed by atoms with Crippen molar-refractivity contribution in [3.8, 4) is 0 Å². The van der Waals surface area contributed by atoms with Crippen LogP contribution in [0.3, 0.4) is 0 Å². The van der Waals surface area contributed by atoms with Crippen LogP contribution >= 0.6 is 0 Å². The summed E-state index contributed by atoms with van der Waals surface area (Å²) in [6.07, 6.45) is 7.77. The molecule has 0 aromatic carbocycles. The Morgan fingerprint density at radius 1 is 1.36 bits per heavy atom. The van der Waals surface area contributed by atoms with E-state index in [0.717, 1.165) is 0 Å². The van der Waals surface area contributed by atoms with Crippen molar-refractivity contribution in [1.82, 2.24) is 4.90 Å². The first-order valence-corrected chi connectivity index (χ1v) is 6.14. The Morgan fingerprint density at radius 2 is 2.00 bits per heavy atom. The Balaban J connectivity index is 2.44. The summed E-state index contributed by atoms with van der Waals surface area (Å²) < 4.78 is 0. The summed E-state index contributed by atoms with van der Waals surface area (Å²) in [5.41, 5.74) is 6.17. The molecule has 3 unspecified atom stereocenters. The molecule has 1 aliphatic rings. The number of nitrogens with two attached hydrogens (primary N) is 1. The van der Waals surface area contributed by atoms with Crippen LogP contribution in [0.5, 0.6) is 0 Å². The van der Waals surface area contributed by atoms with E-state index in [0.29, 0.717) is 18.1 Å². The van der Waals surface area contributed by atoms with Gasteiger partial charge in [-0.15, -0.1) is 0 Å². The minimum Gasteiger partial charge on any atom is -0.326 e. The van der Waals surface area contributed by atoms with E-state index in [1.807, 2.05) is 0 Å². The van der Waals surface area contributed by atoms with Gasteiger partial charge in [-0.05, 0) is 33.2 Å². The highest BCUT2D eigenvalue weighted by molar-refractivity contribution is 4.86. The van der Waals surface area contributed by atoms with Gasteiger partial charge in [0.25, 0.3) is 0 Å². The summed E-state index contributed by atoms with van der Waals surface area (Å²) in [5.74, 6) is 0. The molecule has 14 heavy (non-hydrogen) atoms. The van der Waals surface area contributed by atoms with Gasteiger partial charge in [-0.25, -0.2) is 0 Å². The van der Waals surface area contributed by atoms with E-state index in [1.165, 1.54) is 38.5 Å². The molecule has 0 saturated heterocycles. The molecular weight excluding hydrogens is 172 g/mol. The quantitative estimate of drug-likeness (QED) is 0.751. The van der Waals surface area contributed by atoms with Crippen LogP contribution in [-0.2, 0) is 0 Å². The Morgan fingerprint density at radius 3 is 2.57 bits per heavy atom. The fourth-order valence-corrected chi connectivity index (χ4v) is 2.59. The van der Waals surface area contributed by atoms with E-state index < -0.39 is 0 Å². The van der Waals surface area contributed by atoms with E-state index in [2.05, 4.69) is 25.8 Å². The second kappa shape index (κ2) is 5.72. The highest BCUT2D eigenvalue weighted by Crippen LogP contribution is 2.23. The van der Waals surface area contributed by atoms with Gasteiger partial charge in [0.1, 0.15) is 0 Å². The van der Waals surface area contributed by atoms with Crippen LogP contribution in [-0.4, -0.2) is 30.1 Å². The van der Waals surface area contributed by atoms with E-state index in [1.54, 1.807) is 0 Å². The predicted molar refractivity (Wildman–Crippen MR) is 62.4 cm³/mol. The van der Waals surface area contributed by atoms with Gasteiger partial charge in [0.15, 0.2) is 0 Å². The fraction of sp³-hybridized carbons (Fsp3) is 1.00.